The number of hydrogen-bond donors (Lipinski definition) is 1. The number of nitrogens with two attached hydrogens (primary N) is 1. The number of hydrogen-bond acceptors (Lipinski definition) is 3. The van der Waals surface area contributed by atoms with Gasteiger partial charge in [-0.05, 0) is 46.3 Å². The lowest BCUT2D eigenvalue weighted by Crippen LogP contribution is -2.26. The molecule has 0 fully saturated rings. The van der Waals surface area contributed by atoms with Gasteiger partial charge in [-0.2, -0.15) is 0 Å². The zero-order valence-electron chi connectivity index (χ0n) is 9.48. The lowest BCUT2D eigenvalue weighted by Gasteiger charge is -2.18. The van der Waals surface area contributed by atoms with Crippen LogP contribution in [0, 0.1) is 0 Å². The normalized spacial score (nSPS) is 10.4. The standard InChI is InChI=1S/C12H10BrClN2O2/c1-16(9-6-7(14)2-3-8(9)15)12(17)10-4-5-11(13)18-10/h2-6H,15H2,1H3. The average Bonchev–Trinajstić information content (AvgIpc) is 2.77. The number of anilines is 2. The Hall–Kier alpha value is -1.46. The zero-order valence-corrected chi connectivity index (χ0v) is 11.8. The number of carbonyl (C=O) groups is 1. The predicted molar refractivity (Wildman–Crippen MR) is 75.0 cm³/mol. The van der Waals surface area contributed by atoms with Gasteiger partial charge in [-0.3, -0.25) is 4.79 Å². The first kappa shape index (κ1) is 13.0. The summed E-state index contributed by atoms with van der Waals surface area (Å²) in [5.41, 5.74) is 6.83. The lowest BCUT2D eigenvalue weighted by molar-refractivity contribution is 0.0965. The molecule has 0 aliphatic heterocycles. The number of rotatable bonds is 2. The van der Waals surface area contributed by atoms with Crippen molar-refractivity contribution in [1.82, 2.24) is 0 Å². The van der Waals surface area contributed by atoms with Crippen LogP contribution in [0.1, 0.15) is 10.6 Å². The van der Waals surface area contributed by atoms with E-state index in [0.29, 0.717) is 21.1 Å². The molecule has 0 aliphatic carbocycles. The Kier molecular flexibility index (Phi) is 3.63. The van der Waals surface area contributed by atoms with Gasteiger partial charge in [-0.15, -0.1) is 0 Å². The second-order valence-electron chi connectivity index (χ2n) is 3.67. The zero-order chi connectivity index (χ0) is 13.3. The maximum absolute atomic E-state index is 12.1. The predicted octanol–water partition coefficient (Wildman–Crippen LogP) is 3.55. The van der Waals surface area contributed by atoms with E-state index in [0.717, 1.165) is 0 Å². The quantitative estimate of drug-likeness (QED) is 0.857. The Morgan fingerprint density at radius 1 is 1.39 bits per heavy atom. The molecule has 0 saturated carbocycles. The second-order valence-corrected chi connectivity index (χ2v) is 4.89. The SMILES string of the molecule is CN(C(=O)c1ccc(Br)o1)c1cc(Cl)ccc1N. The van der Waals surface area contributed by atoms with Gasteiger partial charge in [0.05, 0.1) is 11.4 Å². The molecule has 0 unspecified atom stereocenters. The van der Waals surface area contributed by atoms with E-state index in [4.69, 9.17) is 21.8 Å². The van der Waals surface area contributed by atoms with Gasteiger partial charge in [-0.25, -0.2) is 0 Å². The van der Waals surface area contributed by atoms with Gasteiger partial charge in [0.15, 0.2) is 10.4 Å². The van der Waals surface area contributed by atoms with Crippen LogP contribution in [0.2, 0.25) is 5.02 Å². The number of nitrogens with zero attached hydrogens (tertiary/aromatic N) is 1. The molecular formula is C12H10BrClN2O2. The van der Waals surface area contributed by atoms with Crippen LogP contribution in [0.4, 0.5) is 11.4 Å². The van der Waals surface area contributed by atoms with E-state index in [1.54, 1.807) is 37.4 Å². The summed E-state index contributed by atoms with van der Waals surface area (Å²) in [6.45, 7) is 0. The second kappa shape index (κ2) is 5.04. The minimum absolute atomic E-state index is 0.226. The van der Waals surface area contributed by atoms with Crippen molar-refractivity contribution >= 4 is 44.8 Å². The largest absolute Gasteiger partial charge is 0.444 e. The minimum atomic E-state index is -0.297. The van der Waals surface area contributed by atoms with Gasteiger partial charge in [0.2, 0.25) is 0 Å². The van der Waals surface area contributed by atoms with E-state index in [1.807, 2.05) is 0 Å². The first-order valence-corrected chi connectivity index (χ1v) is 6.24. The Labute approximate surface area is 117 Å². The van der Waals surface area contributed by atoms with E-state index in [9.17, 15) is 4.79 Å². The van der Waals surface area contributed by atoms with Crippen LogP contribution < -0.4 is 10.6 Å². The lowest BCUT2D eigenvalue weighted by atomic mass is 10.2. The van der Waals surface area contributed by atoms with Crippen LogP contribution in [0.15, 0.2) is 39.4 Å². The highest BCUT2D eigenvalue weighted by molar-refractivity contribution is 9.10. The molecule has 0 radical (unpaired) electrons. The van der Waals surface area contributed by atoms with Crippen LogP contribution in [0.5, 0.6) is 0 Å². The number of carbonyl (C=O) groups excluding carboxylic acids is 1. The van der Waals surface area contributed by atoms with Gasteiger partial charge in [0.25, 0.3) is 5.91 Å². The molecule has 2 rings (SSSR count). The summed E-state index contributed by atoms with van der Waals surface area (Å²) in [5.74, 6) is -0.0709. The summed E-state index contributed by atoms with van der Waals surface area (Å²) in [4.78, 5) is 13.5. The molecule has 1 heterocycles. The van der Waals surface area contributed by atoms with Crippen molar-refractivity contribution in [3.8, 4) is 0 Å². The number of halogens is 2. The number of nitrogen functional groups attached to an aromatic ring is 1. The first-order chi connectivity index (χ1) is 8.49. The number of benzene rings is 1. The average molecular weight is 330 g/mol. The molecule has 1 aromatic heterocycles. The highest BCUT2D eigenvalue weighted by Gasteiger charge is 2.19. The molecule has 0 atom stereocenters. The summed E-state index contributed by atoms with van der Waals surface area (Å²) < 4.78 is 5.71. The van der Waals surface area contributed by atoms with Crippen molar-refractivity contribution in [2.75, 3.05) is 17.7 Å². The molecule has 0 saturated heterocycles. The van der Waals surface area contributed by atoms with E-state index in [-0.39, 0.29) is 11.7 Å². The molecular weight excluding hydrogens is 320 g/mol. The molecule has 0 bridgehead atoms. The Morgan fingerprint density at radius 3 is 2.72 bits per heavy atom. The van der Waals surface area contributed by atoms with Crippen molar-refractivity contribution < 1.29 is 9.21 Å². The van der Waals surface area contributed by atoms with Crippen molar-refractivity contribution in [1.29, 1.82) is 0 Å². The third kappa shape index (κ3) is 2.52. The third-order valence-corrected chi connectivity index (χ3v) is 3.10. The van der Waals surface area contributed by atoms with Gasteiger partial charge in [0.1, 0.15) is 0 Å². The fraction of sp³-hybridized carbons (Fsp3) is 0.0833. The molecule has 6 heteroatoms. The highest BCUT2D eigenvalue weighted by atomic mass is 79.9. The van der Waals surface area contributed by atoms with Crippen molar-refractivity contribution in [2.45, 2.75) is 0 Å². The molecule has 0 aliphatic rings. The number of furan rings is 1. The first-order valence-electron chi connectivity index (χ1n) is 5.07. The van der Waals surface area contributed by atoms with Crippen molar-refractivity contribution in [2.24, 2.45) is 0 Å². The van der Waals surface area contributed by atoms with Crippen molar-refractivity contribution in [3.63, 3.8) is 0 Å². The fourth-order valence-corrected chi connectivity index (χ4v) is 1.98. The molecule has 18 heavy (non-hydrogen) atoms. The van der Waals surface area contributed by atoms with Crippen LogP contribution >= 0.6 is 27.5 Å². The molecule has 1 aromatic carbocycles. The monoisotopic (exact) mass is 328 g/mol. The van der Waals surface area contributed by atoms with Crippen LogP contribution in [0.25, 0.3) is 0 Å². The summed E-state index contributed by atoms with van der Waals surface area (Å²) in [6, 6.07) is 8.19. The molecule has 2 N–H and O–H groups in total. The maximum Gasteiger partial charge on any atom is 0.293 e. The Morgan fingerprint density at radius 2 is 2.11 bits per heavy atom. The van der Waals surface area contributed by atoms with Crippen LogP contribution in [0.3, 0.4) is 0 Å². The Balaban J connectivity index is 2.33. The topological polar surface area (TPSA) is 59.5 Å². The summed E-state index contributed by atoms with van der Waals surface area (Å²) in [5, 5.41) is 0.513. The van der Waals surface area contributed by atoms with Gasteiger partial charge >= 0.3 is 0 Å². The van der Waals surface area contributed by atoms with Gasteiger partial charge < -0.3 is 15.1 Å². The van der Waals surface area contributed by atoms with E-state index >= 15 is 0 Å². The molecule has 1 amide bonds. The Bertz CT molecular complexity index is 598. The maximum atomic E-state index is 12.1. The minimum Gasteiger partial charge on any atom is -0.444 e. The van der Waals surface area contributed by atoms with Gasteiger partial charge in [0, 0.05) is 12.1 Å². The molecule has 2 aromatic rings. The fourth-order valence-electron chi connectivity index (χ4n) is 1.51. The van der Waals surface area contributed by atoms with Crippen molar-refractivity contribution in [3.05, 3.63) is 45.8 Å². The highest BCUT2D eigenvalue weighted by Crippen LogP contribution is 2.27. The molecule has 94 valence electrons. The smallest absolute Gasteiger partial charge is 0.293 e. The molecule has 4 nitrogen and oxygen atoms in total. The van der Waals surface area contributed by atoms with E-state index in [1.165, 1.54) is 4.90 Å². The third-order valence-electron chi connectivity index (χ3n) is 2.44. The summed E-state index contributed by atoms with van der Waals surface area (Å²) in [6.07, 6.45) is 0. The number of amides is 1. The van der Waals surface area contributed by atoms with Crippen LogP contribution in [-0.2, 0) is 0 Å². The van der Waals surface area contributed by atoms with E-state index in [2.05, 4.69) is 15.9 Å². The molecule has 0 spiro atoms. The summed E-state index contributed by atoms with van der Waals surface area (Å²) in [7, 11) is 1.61. The van der Waals surface area contributed by atoms with Crippen LogP contribution in [-0.4, -0.2) is 13.0 Å². The van der Waals surface area contributed by atoms with Gasteiger partial charge in [-0.1, -0.05) is 11.6 Å². The summed E-state index contributed by atoms with van der Waals surface area (Å²) >= 11 is 9.04. The van der Waals surface area contributed by atoms with E-state index < -0.39 is 0 Å².